The van der Waals surface area contributed by atoms with Gasteiger partial charge in [0.05, 0.1) is 0 Å². The molecule has 0 aliphatic rings. The van der Waals surface area contributed by atoms with E-state index in [9.17, 15) is 4.79 Å². The Morgan fingerprint density at radius 1 is 0.828 bits per heavy atom. The topological polar surface area (TPSA) is 20.3 Å². The number of hydrogen-bond donors (Lipinski definition) is 0. The van der Waals surface area contributed by atoms with E-state index in [1.807, 2.05) is 42.5 Å². The molecule has 3 aromatic carbocycles. The summed E-state index contributed by atoms with van der Waals surface area (Å²) in [6.07, 6.45) is 3.29. The lowest BCUT2D eigenvalue weighted by molar-refractivity contribution is 0.103. The van der Waals surface area contributed by atoms with Crippen molar-refractivity contribution in [1.82, 2.24) is 4.90 Å². The predicted octanol–water partition coefficient (Wildman–Crippen LogP) is 5.66. The van der Waals surface area contributed by atoms with Gasteiger partial charge in [0, 0.05) is 17.7 Å². The Bertz CT molecular complexity index is 889. The van der Waals surface area contributed by atoms with Crippen molar-refractivity contribution in [1.29, 1.82) is 0 Å². The van der Waals surface area contributed by atoms with Crippen LogP contribution in [-0.2, 0) is 12.8 Å². The van der Waals surface area contributed by atoms with Gasteiger partial charge in [-0.05, 0) is 56.0 Å². The van der Waals surface area contributed by atoms with E-state index in [4.69, 9.17) is 0 Å². The van der Waals surface area contributed by atoms with Gasteiger partial charge in [0.2, 0.25) is 0 Å². The summed E-state index contributed by atoms with van der Waals surface area (Å²) in [7, 11) is 2.21. The van der Waals surface area contributed by atoms with Gasteiger partial charge in [0.15, 0.2) is 5.78 Å². The highest BCUT2D eigenvalue weighted by molar-refractivity contribution is 6.09. The number of ketones is 1. The number of benzene rings is 3. The Morgan fingerprint density at radius 3 is 2.17 bits per heavy atom. The van der Waals surface area contributed by atoms with Crippen molar-refractivity contribution in [2.24, 2.45) is 5.92 Å². The zero-order valence-corrected chi connectivity index (χ0v) is 17.6. The van der Waals surface area contributed by atoms with Crippen LogP contribution in [0.2, 0.25) is 0 Å². The molecule has 3 aromatic rings. The molecule has 1 atom stereocenters. The van der Waals surface area contributed by atoms with E-state index >= 15 is 0 Å². The zero-order chi connectivity index (χ0) is 20.5. The number of hydrogen-bond acceptors (Lipinski definition) is 2. The van der Waals surface area contributed by atoms with E-state index in [2.05, 4.69) is 61.3 Å². The first-order valence-electron chi connectivity index (χ1n) is 10.5. The fraction of sp³-hybridized carbons (Fsp3) is 0.296. The van der Waals surface area contributed by atoms with Crippen molar-refractivity contribution >= 4 is 5.78 Å². The summed E-state index contributed by atoms with van der Waals surface area (Å²) in [4.78, 5) is 15.1. The van der Waals surface area contributed by atoms with Crippen LogP contribution in [0, 0.1) is 5.92 Å². The summed E-state index contributed by atoms with van der Waals surface area (Å²) in [5.74, 6) is 0.636. The third-order valence-electron chi connectivity index (χ3n) is 5.28. The fourth-order valence-electron chi connectivity index (χ4n) is 3.88. The molecule has 1 unspecified atom stereocenters. The number of aryl methyl sites for hydroxylation is 1. The molecule has 2 nitrogen and oxygen atoms in total. The van der Waals surface area contributed by atoms with Crippen LogP contribution in [-0.4, -0.2) is 30.8 Å². The van der Waals surface area contributed by atoms with Crippen LogP contribution in [0.5, 0.6) is 0 Å². The van der Waals surface area contributed by atoms with Crippen molar-refractivity contribution in [3.05, 3.63) is 107 Å². The monoisotopic (exact) mass is 385 g/mol. The van der Waals surface area contributed by atoms with Gasteiger partial charge in [0.1, 0.15) is 0 Å². The molecule has 0 saturated heterocycles. The Kier molecular flexibility index (Phi) is 7.77. The summed E-state index contributed by atoms with van der Waals surface area (Å²) in [6.45, 7) is 4.46. The van der Waals surface area contributed by atoms with E-state index in [0.29, 0.717) is 5.92 Å². The van der Waals surface area contributed by atoms with Gasteiger partial charge in [-0.2, -0.15) is 0 Å². The summed E-state index contributed by atoms with van der Waals surface area (Å²) >= 11 is 0. The standard InChI is InChI=1S/C27H31NO/c1-22(21-28(2)18-10-14-23-11-5-3-6-12-23)19-24-13-9-17-26(20-24)27(29)25-15-7-4-8-16-25/h3-9,11-13,15-17,20,22H,10,14,18-19,21H2,1-2H3. The van der Waals surface area contributed by atoms with Crippen molar-refractivity contribution in [2.75, 3.05) is 20.1 Å². The smallest absolute Gasteiger partial charge is 0.193 e. The lowest BCUT2D eigenvalue weighted by atomic mass is 9.96. The lowest BCUT2D eigenvalue weighted by Crippen LogP contribution is -2.26. The van der Waals surface area contributed by atoms with Crippen molar-refractivity contribution in [2.45, 2.75) is 26.2 Å². The lowest BCUT2D eigenvalue weighted by Gasteiger charge is -2.21. The summed E-state index contributed by atoms with van der Waals surface area (Å²) in [5, 5.41) is 0. The van der Waals surface area contributed by atoms with Gasteiger partial charge in [0.25, 0.3) is 0 Å². The molecule has 0 amide bonds. The number of rotatable bonds is 10. The molecular formula is C27H31NO. The van der Waals surface area contributed by atoms with Gasteiger partial charge >= 0.3 is 0 Å². The van der Waals surface area contributed by atoms with Crippen LogP contribution in [0.15, 0.2) is 84.9 Å². The second kappa shape index (κ2) is 10.7. The molecule has 29 heavy (non-hydrogen) atoms. The van der Waals surface area contributed by atoms with Gasteiger partial charge < -0.3 is 4.90 Å². The minimum Gasteiger partial charge on any atom is -0.306 e. The van der Waals surface area contributed by atoms with E-state index < -0.39 is 0 Å². The molecule has 0 spiro atoms. The Labute approximate surface area is 175 Å². The molecule has 0 fully saturated rings. The zero-order valence-electron chi connectivity index (χ0n) is 17.6. The molecule has 0 aromatic heterocycles. The number of carbonyl (C=O) groups is 1. The average molecular weight is 386 g/mol. The van der Waals surface area contributed by atoms with E-state index in [1.165, 1.54) is 17.5 Å². The predicted molar refractivity (Wildman–Crippen MR) is 121 cm³/mol. The van der Waals surface area contributed by atoms with Crippen LogP contribution >= 0.6 is 0 Å². The Hall–Kier alpha value is -2.71. The molecule has 0 saturated carbocycles. The molecule has 0 N–H and O–H groups in total. The van der Waals surface area contributed by atoms with Crippen molar-refractivity contribution in [3.8, 4) is 0 Å². The third kappa shape index (κ3) is 6.69. The second-order valence-corrected chi connectivity index (χ2v) is 8.06. The van der Waals surface area contributed by atoms with Crippen molar-refractivity contribution in [3.63, 3.8) is 0 Å². The first-order chi connectivity index (χ1) is 14.1. The highest BCUT2D eigenvalue weighted by Gasteiger charge is 2.11. The molecule has 150 valence electrons. The molecular weight excluding hydrogens is 354 g/mol. The minimum atomic E-state index is 0.0955. The average Bonchev–Trinajstić information content (AvgIpc) is 2.74. The van der Waals surface area contributed by atoms with Crippen LogP contribution in [0.4, 0.5) is 0 Å². The van der Waals surface area contributed by atoms with Crippen LogP contribution in [0.3, 0.4) is 0 Å². The highest BCUT2D eigenvalue weighted by atomic mass is 16.1. The molecule has 0 heterocycles. The third-order valence-corrected chi connectivity index (χ3v) is 5.28. The van der Waals surface area contributed by atoms with E-state index in [0.717, 1.165) is 37.1 Å². The van der Waals surface area contributed by atoms with E-state index in [1.54, 1.807) is 0 Å². The fourth-order valence-corrected chi connectivity index (χ4v) is 3.88. The molecule has 0 radical (unpaired) electrons. The SMILES string of the molecule is CC(Cc1cccc(C(=O)c2ccccc2)c1)CN(C)CCCc1ccccc1. The largest absolute Gasteiger partial charge is 0.306 e. The maximum atomic E-state index is 12.7. The van der Waals surface area contributed by atoms with Crippen LogP contribution in [0.25, 0.3) is 0 Å². The maximum absolute atomic E-state index is 12.7. The normalized spacial score (nSPS) is 12.1. The molecule has 0 aliphatic carbocycles. The highest BCUT2D eigenvalue weighted by Crippen LogP contribution is 2.15. The van der Waals surface area contributed by atoms with Gasteiger partial charge in [-0.3, -0.25) is 4.79 Å². The first kappa shape index (κ1) is 21.0. The van der Waals surface area contributed by atoms with Crippen LogP contribution < -0.4 is 0 Å². The molecule has 0 aliphatic heterocycles. The summed E-state index contributed by atoms with van der Waals surface area (Å²) < 4.78 is 0. The first-order valence-corrected chi connectivity index (χ1v) is 10.5. The van der Waals surface area contributed by atoms with Crippen LogP contribution in [0.1, 0.15) is 40.4 Å². The van der Waals surface area contributed by atoms with Gasteiger partial charge in [-0.15, -0.1) is 0 Å². The summed E-state index contributed by atoms with van der Waals surface area (Å²) in [5.41, 5.74) is 4.17. The van der Waals surface area contributed by atoms with E-state index in [-0.39, 0.29) is 5.78 Å². The van der Waals surface area contributed by atoms with Gasteiger partial charge in [-0.25, -0.2) is 0 Å². The number of carbonyl (C=O) groups excluding carboxylic acids is 1. The van der Waals surface area contributed by atoms with Crippen molar-refractivity contribution < 1.29 is 4.79 Å². The summed E-state index contributed by atoms with van der Waals surface area (Å²) in [6, 6.07) is 28.3. The Balaban J connectivity index is 1.48. The quantitative estimate of drug-likeness (QED) is 0.420. The van der Waals surface area contributed by atoms with Gasteiger partial charge in [-0.1, -0.05) is 85.8 Å². The maximum Gasteiger partial charge on any atom is 0.193 e. The minimum absolute atomic E-state index is 0.0955. The molecule has 2 heteroatoms. The second-order valence-electron chi connectivity index (χ2n) is 8.06. The molecule has 3 rings (SSSR count). The number of nitrogens with zero attached hydrogens (tertiary/aromatic N) is 1. The molecule has 0 bridgehead atoms. The Morgan fingerprint density at radius 2 is 1.45 bits per heavy atom.